The molecule has 0 radical (unpaired) electrons. The van der Waals surface area contributed by atoms with Crippen molar-refractivity contribution in [3.05, 3.63) is 0 Å². The molecule has 2 nitrogen and oxygen atoms in total. The van der Waals surface area contributed by atoms with Gasteiger partial charge in [-0.15, -0.1) is 0 Å². The van der Waals surface area contributed by atoms with E-state index in [9.17, 15) is 0 Å². The molecule has 1 saturated heterocycles. The Morgan fingerprint density at radius 2 is 1.70 bits per heavy atom. The number of ether oxygens (including phenoxy) is 2. The first-order chi connectivity index (χ1) is 9.09. The molecule has 0 spiro atoms. The highest BCUT2D eigenvalue weighted by Crippen LogP contribution is 2.69. The second-order valence-electron chi connectivity index (χ2n) is 8.76. The lowest BCUT2D eigenvalue weighted by Crippen LogP contribution is -2.62. The van der Waals surface area contributed by atoms with Crippen molar-refractivity contribution in [1.82, 2.24) is 0 Å². The Hall–Kier alpha value is -0.0800. The molecule has 2 aliphatic carbocycles. The van der Waals surface area contributed by atoms with Crippen LogP contribution in [0.25, 0.3) is 0 Å². The number of hydrogen-bond donors (Lipinski definition) is 0. The van der Waals surface area contributed by atoms with Gasteiger partial charge in [0.15, 0.2) is 5.79 Å². The maximum Gasteiger partial charge on any atom is 0.164 e. The number of fused-ring (bicyclic) bond motifs is 2. The number of rotatable bonds is 1. The molecule has 0 aromatic heterocycles. The van der Waals surface area contributed by atoms with Crippen molar-refractivity contribution in [2.75, 3.05) is 0 Å². The fourth-order valence-electron chi connectivity index (χ4n) is 6.03. The van der Waals surface area contributed by atoms with E-state index in [1.165, 1.54) is 25.7 Å². The van der Waals surface area contributed by atoms with Gasteiger partial charge in [0.2, 0.25) is 0 Å². The van der Waals surface area contributed by atoms with E-state index >= 15 is 0 Å². The van der Waals surface area contributed by atoms with Crippen LogP contribution in [0.4, 0.5) is 0 Å². The van der Waals surface area contributed by atoms with E-state index in [2.05, 4.69) is 48.5 Å². The summed E-state index contributed by atoms with van der Waals surface area (Å²) in [5, 5.41) is 0. The predicted octanol–water partition coefficient (Wildman–Crippen LogP) is 4.77. The molecule has 0 bridgehead atoms. The molecule has 116 valence electrons. The largest absolute Gasteiger partial charge is 0.344 e. The molecule has 2 saturated carbocycles. The Morgan fingerprint density at radius 1 is 1.05 bits per heavy atom. The lowest BCUT2D eigenvalue weighted by molar-refractivity contribution is -0.203. The first-order valence-corrected chi connectivity index (χ1v) is 8.47. The molecular formula is C18H32O2. The van der Waals surface area contributed by atoms with E-state index in [1.807, 2.05) is 0 Å². The second-order valence-corrected chi connectivity index (χ2v) is 8.76. The molecule has 1 heterocycles. The molecule has 0 N–H and O–H groups in total. The summed E-state index contributed by atoms with van der Waals surface area (Å²) in [6.07, 6.45) is 5.42. The van der Waals surface area contributed by atoms with Gasteiger partial charge in [-0.3, -0.25) is 0 Å². The van der Waals surface area contributed by atoms with Crippen molar-refractivity contribution in [3.8, 4) is 0 Å². The third-order valence-electron chi connectivity index (χ3n) is 7.44. The van der Waals surface area contributed by atoms with Gasteiger partial charge in [-0.2, -0.15) is 0 Å². The summed E-state index contributed by atoms with van der Waals surface area (Å²) >= 11 is 0. The summed E-state index contributed by atoms with van der Waals surface area (Å²) in [6, 6.07) is 0. The van der Waals surface area contributed by atoms with Gasteiger partial charge < -0.3 is 9.47 Å². The Balaban J connectivity index is 2.07. The van der Waals surface area contributed by atoms with Crippen molar-refractivity contribution in [2.24, 2.45) is 22.7 Å². The maximum atomic E-state index is 6.47. The average Bonchev–Trinajstić information content (AvgIpc) is 2.76. The molecule has 3 aliphatic rings. The first kappa shape index (κ1) is 14.8. The Kier molecular flexibility index (Phi) is 2.98. The highest BCUT2D eigenvalue weighted by molar-refractivity contribution is 5.17. The van der Waals surface area contributed by atoms with E-state index < -0.39 is 5.79 Å². The van der Waals surface area contributed by atoms with E-state index in [0.717, 1.165) is 11.8 Å². The minimum atomic E-state index is -0.437. The summed E-state index contributed by atoms with van der Waals surface area (Å²) in [5.74, 6) is 1.13. The van der Waals surface area contributed by atoms with Crippen LogP contribution in [0.3, 0.4) is 0 Å². The highest BCUT2D eigenvalue weighted by Gasteiger charge is 2.69. The van der Waals surface area contributed by atoms with Crippen LogP contribution >= 0.6 is 0 Å². The summed E-state index contributed by atoms with van der Waals surface area (Å²) in [7, 11) is 0. The molecule has 20 heavy (non-hydrogen) atoms. The third kappa shape index (κ3) is 1.58. The Morgan fingerprint density at radius 3 is 2.30 bits per heavy atom. The maximum absolute atomic E-state index is 6.47. The molecule has 2 heteroatoms. The van der Waals surface area contributed by atoms with Crippen LogP contribution in [0.5, 0.6) is 0 Å². The molecule has 3 fully saturated rings. The van der Waals surface area contributed by atoms with Crippen molar-refractivity contribution < 1.29 is 9.47 Å². The van der Waals surface area contributed by atoms with Crippen LogP contribution in [0, 0.1) is 22.7 Å². The molecule has 0 unspecified atom stereocenters. The van der Waals surface area contributed by atoms with E-state index in [1.54, 1.807) is 0 Å². The van der Waals surface area contributed by atoms with Crippen LogP contribution < -0.4 is 0 Å². The van der Waals surface area contributed by atoms with Crippen molar-refractivity contribution in [1.29, 1.82) is 0 Å². The topological polar surface area (TPSA) is 18.5 Å². The molecule has 5 atom stereocenters. The normalized spacial score (nSPS) is 52.6. The van der Waals surface area contributed by atoms with Crippen LogP contribution in [0.1, 0.15) is 74.1 Å². The zero-order valence-corrected chi connectivity index (χ0v) is 14.4. The predicted molar refractivity (Wildman–Crippen MR) is 81.5 cm³/mol. The SMILES string of the molecule is CC[C@]12C[C@H]3OC(C)(C)O[C@@]3(C)C(C)(C)[C@@H]1CC[C@H]2C. The molecule has 1 aliphatic heterocycles. The van der Waals surface area contributed by atoms with Crippen LogP contribution in [-0.2, 0) is 9.47 Å². The van der Waals surface area contributed by atoms with Crippen LogP contribution in [-0.4, -0.2) is 17.5 Å². The summed E-state index contributed by atoms with van der Waals surface area (Å²) in [5.41, 5.74) is 0.478. The van der Waals surface area contributed by atoms with Gasteiger partial charge in [-0.1, -0.05) is 27.7 Å². The van der Waals surface area contributed by atoms with Crippen molar-refractivity contribution in [2.45, 2.75) is 91.6 Å². The average molecular weight is 280 g/mol. The molecule has 3 rings (SSSR count). The first-order valence-electron chi connectivity index (χ1n) is 8.47. The van der Waals surface area contributed by atoms with E-state index in [0.29, 0.717) is 5.41 Å². The monoisotopic (exact) mass is 280 g/mol. The van der Waals surface area contributed by atoms with Gasteiger partial charge >= 0.3 is 0 Å². The van der Waals surface area contributed by atoms with Gasteiger partial charge in [0.25, 0.3) is 0 Å². The van der Waals surface area contributed by atoms with E-state index in [4.69, 9.17) is 9.47 Å². The summed E-state index contributed by atoms with van der Waals surface area (Å²) < 4.78 is 12.8. The zero-order valence-electron chi connectivity index (χ0n) is 14.4. The van der Waals surface area contributed by atoms with Crippen molar-refractivity contribution >= 4 is 0 Å². The highest BCUT2D eigenvalue weighted by atomic mass is 16.8. The lowest BCUT2D eigenvalue weighted by atomic mass is 9.48. The Bertz CT molecular complexity index is 414. The molecule has 0 amide bonds. The van der Waals surface area contributed by atoms with Crippen LogP contribution in [0.15, 0.2) is 0 Å². The van der Waals surface area contributed by atoms with Gasteiger partial charge in [0, 0.05) is 0 Å². The van der Waals surface area contributed by atoms with Gasteiger partial charge in [-0.05, 0) is 69.1 Å². The number of hydrogen-bond acceptors (Lipinski definition) is 2. The zero-order chi connectivity index (χ0) is 15.0. The minimum absolute atomic E-state index is 0.149. The quantitative estimate of drug-likeness (QED) is 0.689. The van der Waals surface area contributed by atoms with Gasteiger partial charge in [0.05, 0.1) is 6.10 Å². The van der Waals surface area contributed by atoms with Crippen LogP contribution in [0.2, 0.25) is 0 Å². The van der Waals surface area contributed by atoms with E-state index in [-0.39, 0.29) is 17.1 Å². The fourth-order valence-corrected chi connectivity index (χ4v) is 6.03. The smallest absolute Gasteiger partial charge is 0.164 e. The van der Waals surface area contributed by atoms with Crippen molar-refractivity contribution in [3.63, 3.8) is 0 Å². The third-order valence-corrected chi connectivity index (χ3v) is 7.44. The molecule has 0 aromatic carbocycles. The Labute approximate surface area is 124 Å². The van der Waals surface area contributed by atoms with Gasteiger partial charge in [0.1, 0.15) is 5.60 Å². The van der Waals surface area contributed by atoms with Gasteiger partial charge in [-0.25, -0.2) is 0 Å². The minimum Gasteiger partial charge on any atom is -0.344 e. The summed E-state index contributed by atoms with van der Waals surface area (Å²) in [4.78, 5) is 0. The fraction of sp³-hybridized carbons (Fsp3) is 1.00. The lowest BCUT2D eigenvalue weighted by Gasteiger charge is -2.59. The molecule has 0 aromatic rings. The summed E-state index contributed by atoms with van der Waals surface area (Å²) in [6.45, 7) is 16.1. The molecular weight excluding hydrogens is 248 g/mol. The standard InChI is InChI=1S/C18H32O2/c1-8-18-11-14-17(7,20-16(5,6)19-14)15(3,4)13(18)10-9-12(18)2/h12-14H,8-11H2,1-7H3/t12-,13+,14-,17-,18-/m1/s1. The second kappa shape index (κ2) is 4.01.